The summed E-state index contributed by atoms with van der Waals surface area (Å²) in [5.74, 6) is 0.0568. The monoisotopic (exact) mass is 287 g/mol. The first-order valence-electron chi connectivity index (χ1n) is 7.62. The minimum absolute atomic E-state index is 0.00880. The van der Waals surface area contributed by atoms with E-state index in [4.69, 9.17) is 0 Å². The van der Waals surface area contributed by atoms with Crippen molar-refractivity contribution in [3.8, 4) is 0 Å². The Labute approximate surface area is 124 Å². The maximum Gasteiger partial charge on any atom is 0.248 e. The van der Waals surface area contributed by atoms with Gasteiger partial charge in [0.1, 0.15) is 5.54 Å². The van der Waals surface area contributed by atoms with Crippen LogP contribution in [0.3, 0.4) is 0 Å². The maximum absolute atomic E-state index is 12.9. The van der Waals surface area contributed by atoms with Crippen LogP contribution in [0.15, 0.2) is 18.3 Å². The van der Waals surface area contributed by atoms with Crippen molar-refractivity contribution in [2.75, 3.05) is 6.54 Å². The molecule has 1 aliphatic carbocycles. The smallest absolute Gasteiger partial charge is 0.248 e. The van der Waals surface area contributed by atoms with E-state index in [1.54, 1.807) is 11.1 Å². The summed E-state index contributed by atoms with van der Waals surface area (Å²) in [7, 11) is 0. The molecule has 21 heavy (non-hydrogen) atoms. The third-order valence-electron chi connectivity index (χ3n) is 4.60. The van der Waals surface area contributed by atoms with Crippen molar-refractivity contribution in [1.82, 2.24) is 15.2 Å². The minimum Gasteiger partial charge on any atom is -0.342 e. The van der Waals surface area contributed by atoms with Gasteiger partial charge >= 0.3 is 0 Å². The average Bonchev–Trinajstić information content (AvgIpc) is 2.90. The highest BCUT2D eigenvalue weighted by Crippen LogP contribution is 2.33. The number of amides is 2. The first kappa shape index (κ1) is 14.0. The van der Waals surface area contributed by atoms with E-state index in [0.29, 0.717) is 19.5 Å². The molecule has 1 saturated heterocycles. The molecule has 0 bridgehead atoms. The lowest BCUT2D eigenvalue weighted by atomic mass is 9.95. The number of nitrogens with zero attached hydrogens (tertiary/aromatic N) is 2. The van der Waals surface area contributed by atoms with E-state index in [1.165, 1.54) is 0 Å². The molecule has 0 unspecified atom stereocenters. The van der Waals surface area contributed by atoms with E-state index in [0.717, 1.165) is 36.9 Å². The molecule has 2 amide bonds. The van der Waals surface area contributed by atoms with Crippen LogP contribution in [0, 0.1) is 6.92 Å². The van der Waals surface area contributed by atoms with Gasteiger partial charge in [-0.05, 0) is 31.4 Å². The van der Waals surface area contributed by atoms with Gasteiger partial charge in [-0.1, -0.05) is 18.9 Å². The van der Waals surface area contributed by atoms with Crippen molar-refractivity contribution < 1.29 is 9.59 Å². The van der Waals surface area contributed by atoms with Gasteiger partial charge in [-0.3, -0.25) is 14.6 Å². The standard InChI is InChI=1S/C16H21N3O2/c1-12-5-4-9-17-13(12)11-19-10-6-14(20)18-16(15(19)21)7-2-3-8-16/h4-5,9H,2-3,6-8,10-11H2,1H3,(H,18,20). The Bertz CT molecular complexity index is 564. The van der Waals surface area contributed by atoms with E-state index in [-0.39, 0.29) is 11.8 Å². The van der Waals surface area contributed by atoms with Gasteiger partial charge in [0.05, 0.1) is 12.2 Å². The number of hydrogen-bond acceptors (Lipinski definition) is 3. The molecular formula is C16H21N3O2. The van der Waals surface area contributed by atoms with Crippen molar-refractivity contribution in [1.29, 1.82) is 0 Å². The van der Waals surface area contributed by atoms with E-state index < -0.39 is 5.54 Å². The van der Waals surface area contributed by atoms with Crippen molar-refractivity contribution in [2.45, 2.75) is 51.1 Å². The first-order chi connectivity index (χ1) is 10.1. The number of hydrogen-bond donors (Lipinski definition) is 1. The highest BCUT2D eigenvalue weighted by Gasteiger charge is 2.46. The topological polar surface area (TPSA) is 62.3 Å². The number of pyridine rings is 1. The SMILES string of the molecule is Cc1cccnc1CN1CCC(=O)NC2(CCCC2)C1=O. The average molecular weight is 287 g/mol. The second-order valence-electron chi connectivity index (χ2n) is 6.08. The van der Waals surface area contributed by atoms with E-state index in [2.05, 4.69) is 10.3 Å². The zero-order valence-electron chi connectivity index (χ0n) is 12.4. The third kappa shape index (κ3) is 2.64. The Hall–Kier alpha value is -1.91. The fourth-order valence-electron chi connectivity index (χ4n) is 3.36. The van der Waals surface area contributed by atoms with Gasteiger partial charge in [0, 0.05) is 19.2 Å². The van der Waals surface area contributed by atoms with Gasteiger partial charge in [0.2, 0.25) is 11.8 Å². The first-order valence-corrected chi connectivity index (χ1v) is 7.62. The molecule has 5 nitrogen and oxygen atoms in total. The van der Waals surface area contributed by atoms with E-state index in [9.17, 15) is 9.59 Å². The largest absolute Gasteiger partial charge is 0.342 e. The third-order valence-corrected chi connectivity index (χ3v) is 4.60. The van der Waals surface area contributed by atoms with Gasteiger partial charge in [0.25, 0.3) is 0 Å². The molecule has 1 N–H and O–H groups in total. The number of nitrogens with one attached hydrogen (secondary N) is 1. The van der Waals surface area contributed by atoms with Gasteiger partial charge in [-0.25, -0.2) is 0 Å². The fraction of sp³-hybridized carbons (Fsp3) is 0.562. The number of carbonyl (C=O) groups excluding carboxylic acids is 2. The van der Waals surface area contributed by atoms with Crippen LogP contribution in [-0.4, -0.2) is 33.8 Å². The molecule has 1 spiro atoms. The fourth-order valence-corrected chi connectivity index (χ4v) is 3.36. The molecule has 1 aliphatic heterocycles. The summed E-state index contributed by atoms with van der Waals surface area (Å²) in [4.78, 5) is 31.0. The Kier molecular flexibility index (Phi) is 3.66. The highest BCUT2D eigenvalue weighted by atomic mass is 16.2. The van der Waals surface area contributed by atoms with E-state index >= 15 is 0 Å². The zero-order valence-corrected chi connectivity index (χ0v) is 12.4. The Morgan fingerprint density at radius 3 is 2.81 bits per heavy atom. The Morgan fingerprint density at radius 1 is 1.33 bits per heavy atom. The van der Waals surface area contributed by atoms with Gasteiger partial charge < -0.3 is 10.2 Å². The second kappa shape index (κ2) is 5.47. The summed E-state index contributed by atoms with van der Waals surface area (Å²) in [6.07, 6.45) is 5.65. The summed E-state index contributed by atoms with van der Waals surface area (Å²) < 4.78 is 0. The predicted octanol–water partition coefficient (Wildman–Crippen LogP) is 1.55. The molecule has 1 aromatic heterocycles. The molecule has 2 heterocycles. The van der Waals surface area contributed by atoms with Crippen LogP contribution in [-0.2, 0) is 16.1 Å². The summed E-state index contributed by atoms with van der Waals surface area (Å²) in [5.41, 5.74) is 1.33. The van der Waals surface area contributed by atoms with Crippen LogP contribution in [0.4, 0.5) is 0 Å². The lowest BCUT2D eigenvalue weighted by Crippen LogP contribution is -2.55. The normalized spacial score (nSPS) is 21.5. The van der Waals surface area contributed by atoms with Gasteiger partial charge in [-0.2, -0.15) is 0 Å². The molecule has 0 radical (unpaired) electrons. The zero-order chi connectivity index (χ0) is 14.9. The molecule has 2 aliphatic rings. The molecule has 0 aromatic carbocycles. The van der Waals surface area contributed by atoms with Crippen molar-refractivity contribution in [3.63, 3.8) is 0 Å². The second-order valence-corrected chi connectivity index (χ2v) is 6.08. The lowest BCUT2D eigenvalue weighted by molar-refractivity contribution is -0.139. The lowest BCUT2D eigenvalue weighted by Gasteiger charge is -2.31. The molecule has 5 heteroatoms. The number of rotatable bonds is 2. The molecule has 3 rings (SSSR count). The summed E-state index contributed by atoms with van der Waals surface area (Å²) in [6.45, 7) is 2.96. The molecule has 2 fully saturated rings. The molecule has 0 atom stereocenters. The van der Waals surface area contributed by atoms with Crippen LogP contribution >= 0.6 is 0 Å². The summed E-state index contributed by atoms with van der Waals surface area (Å²) >= 11 is 0. The Balaban J connectivity index is 1.85. The summed E-state index contributed by atoms with van der Waals surface area (Å²) in [5, 5.41) is 2.98. The number of aryl methyl sites for hydroxylation is 1. The van der Waals surface area contributed by atoms with E-state index in [1.807, 2.05) is 19.1 Å². The molecule has 1 aromatic rings. The maximum atomic E-state index is 12.9. The molecule has 112 valence electrons. The highest BCUT2D eigenvalue weighted by molar-refractivity contribution is 5.93. The summed E-state index contributed by atoms with van der Waals surface area (Å²) in [6, 6.07) is 3.89. The molecular weight excluding hydrogens is 266 g/mol. The van der Waals surface area contributed by atoms with Gasteiger partial charge in [0.15, 0.2) is 0 Å². The quantitative estimate of drug-likeness (QED) is 0.897. The number of carbonyl (C=O) groups is 2. The molecule has 1 saturated carbocycles. The van der Waals surface area contributed by atoms with Crippen molar-refractivity contribution in [3.05, 3.63) is 29.6 Å². The van der Waals surface area contributed by atoms with Crippen molar-refractivity contribution >= 4 is 11.8 Å². The van der Waals surface area contributed by atoms with Crippen LogP contribution in [0.5, 0.6) is 0 Å². The van der Waals surface area contributed by atoms with Gasteiger partial charge in [-0.15, -0.1) is 0 Å². The Morgan fingerprint density at radius 2 is 2.10 bits per heavy atom. The van der Waals surface area contributed by atoms with Crippen LogP contribution < -0.4 is 5.32 Å². The van der Waals surface area contributed by atoms with Crippen LogP contribution in [0.2, 0.25) is 0 Å². The van der Waals surface area contributed by atoms with Crippen LogP contribution in [0.1, 0.15) is 43.4 Å². The minimum atomic E-state index is -0.656. The predicted molar refractivity (Wildman–Crippen MR) is 78.3 cm³/mol. The number of aromatic nitrogens is 1. The van der Waals surface area contributed by atoms with Crippen LogP contribution in [0.25, 0.3) is 0 Å². The van der Waals surface area contributed by atoms with Crippen molar-refractivity contribution in [2.24, 2.45) is 0 Å².